The minimum absolute atomic E-state index is 0.384. The fraction of sp³-hybridized carbons (Fsp3) is 0.227. The summed E-state index contributed by atoms with van der Waals surface area (Å²) in [5.74, 6) is -1.02. The van der Waals surface area contributed by atoms with Gasteiger partial charge in [0.2, 0.25) is 0 Å². The Morgan fingerprint density at radius 1 is 1.00 bits per heavy atom. The van der Waals surface area contributed by atoms with E-state index in [2.05, 4.69) is 40.6 Å². The lowest BCUT2D eigenvalue weighted by molar-refractivity contribution is -0.301. The maximum Gasteiger partial charge on any atom is 0.127 e. The van der Waals surface area contributed by atoms with Gasteiger partial charge in [-0.25, -0.2) is 0 Å². The first kappa shape index (κ1) is 21.7. The molecule has 7 heteroatoms. The van der Waals surface area contributed by atoms with Crippen LogP contribution in [0, 0.1) is 0 Å². The van der Waals surface area contributed by atoms with Crippen LogP contribution in [-0.2, 0) is 9.59 Å². The first-order chi connectivity index (χ1) is 14.1. The van der Waals surface area contributed by atoms with Crippen LogP contribution in [0.5, 0.6) is 5.75 Å². The van der Waals surface area contributed by atoms with Gasteiger partial charge in [0.05, 0.1) is 30.9 Å². The minimum Gasteiger partial charge on any atom is -0.545 e. The summed E-state index contributed by atoms with van der Waals surface area (Å²) in [6.45, 7) is 2.60. The number of nitrogens with one attached hydrogen (secondary N) is 1. The number of benzene rings is 2. The lowest BCUT2D eigenvalue weighted by Gasteiger charge is -2.11. The normalized spacial score (nSPS) is 12.5. The summed E-state index contributed by atoms with van der Waals surface area (Å²) in [5, 5.41) is 22.1. The van der Waals surface area contributed by atoms with Crippen LogP contribution in [0.2, 0.25) is 0 Å². The van der Waals surface area contributed by atoms with Gasteiger partial charge < -0.3 is 29.9 Å². The molecule has 2 aromatic rings. The number of hydrogen-bond acceptors (Lipinski definition) is 7. The molecule has 0 spiro atoms. The molecule has 152 valence electrons. The Hall–Kier alpha value is -3.61. The third-order valence-corrected chi connectivity index (χ3v) is 3.89. The van der Waals surface area contributed by atoms with Crippen molar-refractivity contribution < 1.29 is 24.5 Å². The van der Waals surface area contributed by atoms with Gasteiger partial charge in [0, 0.05) is 18.5 Å². The van der Waals surface area contributed by atoms with Crippen LogP contribution in [0.15, 0.2) is 71.7 Å². The molecule has 1 heterocycles. The largest absolute Gasteiger partial charge is 0.545 e. The molecule has 0 saturated carbocycles. The monoisotopic (exact) mass is 394 g/mol. The summed E-state index contributed by atoms with van der Waals surface area (Å²) in [6, 6.07) is 18.6. The molecule has 1 aliphatic rings. The van der Waals surface area contributed by atoms with Crippen molar-refractivity contribution in [2.75, 3.05) is 19.7 Å². The van der Waals surface area contributed by atoms with Gasteiger partial charge in [0.25, 0.3) is 0 Å². The Morgan fingerprint density at radius 2 is 1.66 bits per heavy atom. The third-order valence-electron chi connectivity index (χ3n) is 3.89. The van der Waals surface area contributed by atoms with E-state index < -0.39 is 11.9 Å². The van der Waals surface area contributed by atoms with Crippen molar-refractivity contribution in [2.45, 2.75) is 12.8 Å². The van der Waals surface area contributed by atoms with E-state index in [1.54, 1.807) is 0 Å². The Balaban J connectivity index is 0.000000321. The second-order valence-corrected chi connectivity index (χ2v) is 6.04. The van der Waals surface area contributed by atoms with Crippen molar-refractivity contribution in [3.63, 3.8) is 0 Å². The number of aliphatic imine (C=N–C) groups is 1. The third kappa shape index (κ3) is 8.30. The highest BCUT2D eigenvalue weighted by atomic mass is 16.5. The lowest BCUT2D eigenvalue weighted by Crippen LogP contribution is -2.23. The lowest BCUT2D eigenvalue weighted by atomic mass is 10.1. The summed E-state index contributed by atoms with van der Waals surface area (Å²) in [7, 11) is 0. The molecular formula is C22H22N2O5-2. The van der Waals surface area contributed by atoms with Crippen molar-refractivity contribution in [3.8, 4) is 16.9 Å². The van der Waals surface area contributed by atoms with Crippen molar-refractivity contribution in [1.29, 1.82) is 0 Å². The van der Waals surface area contributed by atoms with Gasteiger partial charge >= 0.3 is 0 Å². The average Bonchev–Trinajstić information content (AvgIpc) is 3.25. The zero-order chi connectivity index (χ0) is 20.9. The van der Waals surface area contributed by atoms with Gasteiger partial charge in [-0.05, 0) is 30.2 Å². The maximum absolute atomic E-state index is 9.41. The topological polar surface area (TPSA) is 114 Å². The molecule has 0 saturated heterocycles. The Labute approximate surface area is 169 Å². The number of carbonyl (C=O) groups excluding carboxylic acids is 2. The van der Waals surface area contributed by atoms with Gasteiger partial charge in [-0.3, -0.25) is 4.99 Å². The van der Waals surface area contributed by atoms with E-state index in [0.29, 0.717) is 18.8 Å². The number of nitrogens with zero attached hydrogens (tertiary/aromatic N) is 1. The van der Waals surface area contributed by atoms with E-state index in [0.717, 1.165) is 43.1 Å². The number of carboxylic acid groups (broad SMARTS) is 2. The number of carbonyl (C=O) groups is 2. The van der Waals surface area contributed by atoms with Crippen LogP contribution in [0.4, 0.5) is 0 Å². The molecule has 0 bridgehead atoms. The van der Waals surface area contributed by atoms with Crippen LogP contribution in [-0.4, -0.2) is 37.5 Å². The predicted octanol–water partition coefficient (Wildman–Crippen LogP) is 0.557. The summed E-state index contributed by atoms with van der Waals surface area (Å²) in [5.41, 5.74) is 2.34. The number of aliphatic carboxylic acids is 2. The summed E-state index contributed by atoms with van der Waals surface area (Å²) < 4.78 is 5.97. The summed E-state index contributed by atoms with van der Waals surface area (Å²) in [4.78, 5) is 23.2. The number of para-hydroxylation sites is 1. The molecule has 0 aromatic heterocycles. The van der Waals surface area contributed by atoms with Crippen LogP contribution < -0.4 is 20.3 Å². The van der Waals surface area contributed by atoms with Gasteiger partial charge in [0.15, 0.2) is 0 Å². The standard InChI is InChI=1S/C18H20N2O.C4H4O4/c1-2-7-15(8-3-1)16-9-4-5-10-17(16)21-14-6-11-18-19-12-13-20-18;5-3(6)1-2-4(7)8/h1-5,7-10H,6,11-14H2,(H,19,20);1-2H,(H,5,6)(H,7,8)/p-2/b;2-1-. The highest BCUT2D eigenvalue weighted by Crippen LogP contribution is 2.29. The molecule has 0 fully saturated rings. The molecule has 0 aliphatic carbocycles. The van der Waals surface area contributed by atoms with E-state index >= 15 is 0 Å². The highest BCUT2D eigenvalue weighted by molar-refractivity contribution is 5.87. The Bertz CT molecular complexity index is 847. The predicted molar refractivity (Wildman–Crippen MR) is 106 cm³/mol. The number of amidine groups is 1. The zero-order valence-corrected chi connectivity index (χ0v) is 15.9. The quantitative estimate of drug-likeness (QED) is 0.517. The number of rotatable bonds is 8. The second-order valence-electron chi connectivity index (χ2n) is 6.04. The zero-order valence-electron chi connectivity index (χ0n) is 15.9. The SMILES string of the molecule is O=C([O-])/C=C\C(=O)[O-].c1ccc(-c2ccccc2OCCCC2=NCCN2)cc1. The second kappa shape index (κ2) is 12.0. The molecule has 2 aromatic carbocycles. The molecule has 1 N–H and O–H groups in total. The maximum atomic E-state index is 9.41. The van der Waals surface area contributed by atoms with E-state index in [1.807, 2.05) is 24.3 Å². The van der Waals surface area contributed by atoms with Crippen LogP contribution >= 0.6 is 0 Å². The molecular weight excluding hydrogens is 372 g/mol. The van der Waals surface area contributed by atoms with E-state index in [-0.39, 0.29) is 0 Å². The Kier molecular flexibility index (Phi) is 8.95. The van der Waals surface area contributed by atoms with Gasteiger partial charge in [0.1, 0.15) is 5.75 Å². The van der Waals surface area contributed by atoms with Gasteiger partial charge in [-0.2, -0.15) is 0 Å². The van der Waals surface area contributed by atoms with Gasteiger partial charge in [-0.1, -0.05) is 48.5 Å². The van der Waals surface area contributed by atoms with E-state index in [9.17, 15) is 19.8 Å². The molecule has 0 amide bonds. The molecule has 0 unspecified atom stereocenters. The van der Waals surface area contributed by atoms with Gasteiger partial charge in [-0.15, -0.1) is 0 Å². The minimum atomic E-state index is -1.55. The van der Waals surface area contributed by atoms with Crippen molar-refractivity contribution in [2.24, 2.45) is 4.99 Å². The van der Waals surface area contributed by atoms with E-state index in [4.69, 9.17) is 4.74 Å². The van der Waals surface area contributed by atoms with Crippen molar-refractivity contribution in [1.82, 2.24) is 5.32 Å². The average molecular weight is 394 g/mol. The molecule has 0 atom stereocenters. The van der Waals surface area contributed by atoms with Crippen LogP contribution in [0.1, 0.15) is 12.8 Å². The van der Waals surface area contributed by atoms with Crippen molar-refractivity contribution in [3.05, 3.63) is 66.7 Å². The summed E-state index contributed by atoms with van der Waals surface area (Å²) in [6.07, 6.45) is 2.72. The smallest absolute Gasteiger partial charge is 0.127 e. The van der Waals surface area contributed by atoms with E-state index in [1.165, 1.54) is 5.56 Å². The Morgan fingerprint density at radius 3 is 2.28 bits per heavy atom. The summed E-state index contributed by atoms with van der Waals surface area (Å²) >= 11 is 0. The first-order valence-electron chi connectivity index (χ1n) is 9.20. The number of carboxylic acids is 2. The number of ether oxygens (including phenoxy) is 1. The first-order valence-corrected chi connectivity index (χ1v) is 9.20. The van der Waals surface area contributed by atoms with Crippen LogP contribution in [0.3, 0.4) is 0 Å². The van der Waals surface area contributed by atoms with Crippen LogP contribution in [0.25, 0.3) is 11.1 Å². The fourth-order valence-corrected chi connectivity index (χ4v) is 2.62. The fourth-order valence-electron chi connectivity index (χ4n) is 2.62. The molecule has 1 aliphatic heterocycles. The molecule has 0 radical (unpaired) electrons. The molecule has 3 rings (SSSR count). The molecule has 29 heavy (non-hydrogen) atoms. The highest BCUT2D eigenvalue weighted by Gasteiger charge is 2.07. The number of hydrogen-bond donors (Lipinski definition) is 1. The molecule has 7 nitrogen and oxygen atoms in total. The van der Waals surface area contributed by atoms with Crippen molar-refractivity contribution >= 4 is 17.8 Å².